The van der Waals surface area contributed by atoms with Gasteiger partial charge in [0, 0.05) is 14.1 Å². The summed E-state index contributed by atoms with van der Waals surface area (Å²) in [5, 5.41) is 10.7. The lowest BCUT2D eigenvalue weighted by molar-refractivity contribution is 0.0853. The number of hydrogen-bond donors (Lipinski definition) is 2. The molecule has 0 atom stereocenters. The summed E-state index contributed by atoms with van der Waals surface area (Å²) in [6.07, 6.45) is 0. The molecule has 0 aliphatic rings. The minimum Gasteiger partial charge on any atom is -0.507 e. The van der Waals surface area contributed by atoms with Crippen molar-refractivity contribution >= 4 is 5.91 Å². The minimum atomic E-state index is -0.563. The van der Waals surface area contributed by atoms with Gasteiger partial charge in [0.25, 0.3) is 5.91 Å². The number of phenolic OH excluding ortho intramolecular Hbond substituents is 1. The summed E-state index contributed by atoms with van der Waals surface area (Å²) in [7, 11) is 3.24. The van der Waals surface area contributed by atoms with Gasteiger partial charge in [-0.2, -0.15) is 0 Å². The van der Waals surface area contributed by atoms with E-state index in [1.54, 1.807) is 14.1 Å². The highest BCUT2D eigenvalue weighted by Gasteiger charge is 2.12. The van der Waals surface area contributed by atoms with E-state index in [4.69, 9.17) is 0 Å². The second kappa shape index (κ2) is 4.06. The number of nitrogens with zero attached hydrogens (tertiary/aromatic N) is 1. The molecule has 0 bridgehead atoms. The van der Waals surface area contributed by atoms with Crippen LogP contribution in [0.2, 0.25) is 0 Å². The number of amides is 1. The lowest BCUT2D eigenvalue weighted by atomic mass is 10.2. The van der Waals surface area contributed by atoms with Gasteiger partial charge in [0.1, 0.15) is 11.6 Å². The molecule has 1 aromatic rings. The summed E-state index contributed by atoms with van der Waals surface area (Å²) in [5.41, 5.74) is 2.31. The molecular formula is C9H11FN2O2. The third-order valence-corrected chi connectivity index (χ3v) is 1.53. The largest absolute Gasteiger partial charge is 0.507 e. The maximum atomic E-state index is 12.7. The third kappa shape index (κ3) is 2.43. The van der Waals surface area contributed by atoms with Crippen LogP contribution >= 0.6 is 0 Å². The third-order valence-electron chi connectivity index (χ3n) is 1.53. The van der Waals surface area contributed by atoms with E-state index in [1.807, 2.05) is 0 Å². The van der Waals surface area contributed by atoms with Gasteiger partial charge in [-0.25, -0.2) is 9.40 Å². The van der Waals surface area contributed by atoms with Crippen LogP contribution in [-0.4, -0.2) is 30.1 Å². The normalized spacial score (nSPS) is 10.3. The van der Waals surface area contributed by atoms with Crippen LogP contribution in [0.15, 0.2) is 18.2 Å². The second-order valence-corrected chi connectivity index (χ2v) is 3.00. The average Bonchev–Trinajstić information content (AvgIpc) is 2.08. The Kier molecular flexibility index (Phi) is 3.03. The average molecular weight is 198 g/mol. The molecule has 14 heavy (non-hydrogen) atoms. The Labute approximate surface area is 80.9 Å². The molecule has 76 valence electrons. The monoisotopic (exact) mass is 198 g/mol. The van der Waals surface area contributed by atoms with Crippen LogP contribution in [0.4, 0.5) is 4.39 Å². The van der Waals surface area contributed by atoms with E-state index in [-0.39, 0.29) is 11.3 Å². The van der Waals surface area contributed by atoms with Crippen LogP contribution < -0.4 is 5.43 Å². The maximum absolute atomic E-state index is 12.7. The predicted octanol–water partition coefficient (Wildman–Crippen LogP) is 0.738. The highest BCUT2D eigenvalue weighted by atomic mass is 19.1. The van der Waals surface area contributed by atoms with Crippen molar-refractivity contribution in [3.05, 3.63) is 29.6 Å². The lowest BCUT2D eigenvalue weighted by Crippen LogP contribution is -2.36. The highest BCUT2D eigenvalue weighted by molar-refractivity contribution is 5.96. The number of carbonyl (C=O) groups is 1. The zero-order valence-electron chi connectivity index (χ0n) is 7.91. The molecule has 1 amide bonds. The lowest BCUT2D eigenvalue weighted by Gasteiger charge is -2.12. The van der Waals surface area contributed by atoms with Gasteiger partial charge in [-0.3, -0.25) is 10.2 Å². The SMILES string of the molecule is CN(C)NC(=O)c1cc(F)ccc1O. The van der Waals surface area contributed by atoms with Gasteiger partial charge < -0.3 is 5.11 Å². The summed E-state index contributed by atoms with van der Waals surface area (Å²) in [6, 6.07) is 3.20. The zero-order valence-corrected chi connectivity index (χ0v) is 7.91. The Morgan fingerprint density at radius 1 is 1.50 bits per heavy atom. The van der Waals surface area contributed by atoms with Crippen LogP contribution in [0.5, 0.6) is 5.75 Å². The van der Waals surface area contributed by atoms with Crippen LogP contribution in [0, 0.1) is 5.82 Å². The summed E-state index contributed by atoms with van der Waals surface area (Å²) >= 11 is 0. The minimum absolute atomic E-state index is 0.0845. The molecule has 0 unspecified atom stereocenters. The molecular weight excluding hydrogens is 187 g/mol. The van der Waals surface area contributed by atoms with Gasteiger partial charge in [-0.15, -0.1) is 0 Å². The Bertz CT molecular complexity index is 353. The van der Waals surface area contributed by atoms with Gasteiger partial charge in [-0.05, 0) is 18.2 Å². The Morgan fingerprint density at radius 2 is 2.14 bits per heavy atom. The van der Waals surface area contributed by atoms with Crippen molar-refractivity contribution < 1.29 is 14.3 Å². The first kappa shape index (κ1) is 10.5. The second-order valence-electron chi connectivity index (χ2n) is 3.00. The maximum Gasteiger partial charge on any atom is 0.269 e. The molecule has 0 aliphatic heterocycles. The molecule has 0 saturated carbocycles. The van der Waals surface area contributed by atoms with Gasteiger partial charge in [0.2, 0.25) is 0 Å². The number of carbonyl (C=O) groups excluding carboxylic acids is 1. The number of nitrogens with one attached hydrogen (secondary N) is 1. The van der Waals surface area contributed by atoms with Gasteiger partial charge in [-0.1, -0.05) is 0 Å². The fourth-order valence-corrected chi connectivity index (χ4v) is 0.953. The highest BCUT2D eigenvalue weighted by Crippen LogP contribution is 2.17. The van der Waals surface area contributed by atoms with Crippen molar-refractivity contribution in [2.45, 2.75) is 0 Å². The van der Waals surface area contributed by atoms with Crippen molar-refractivity contribution in [2.75, 3.05) is 14.1 Å². The summed E-state index contributed by atoms with van der Waals surface area (Å²) in [6.45, 7) is 0. The van der Waals surface area contributed by atoms with Crippen LogP contribution in [0.25, 0.3) is 0 Å². The summed E-state index contributed by atoms with van der Waals surface area (Å²) in [4.78, 5) is 11.3. The number of hydrogen-bond acceptors (Lipinski definition) is 3. The molecule has 2 N–H and O–H groups in total. The van der Waals surface area contributed by atoms with Gasteiger partial charge >= 0.3 is 0 Å². The smallest absolute Gasteiger partial charge is 0.269 e. The molecule has 0 spiro atoms. The Hall–Kier alpha value is -1.62. The van der Waals surface area contributed by atoms with Crippen molar-refractivity contribution in [1.29, 1.82) is 0 Å². The number of benzene rings is 1. The number of halogens is 1. The molecule has 0 saturated heterocycles. The van der Waals surface area contributed by atoms with E-state index < -0.39 is 11.7 Å². The molecule has 0 heterocycles. The van der Waals surface area contributed by atoms with Crippen molar-refractivity contribution in [3.63, 3.8) is 0 Å². The molecule has 1 rings (SSSR count). The van der Waals surface area contributed by atoms with Crippen LogP contribution in [-0.2, 0) is 0 Å². The predicted molar refractivity (Wildman–Crippen MR) is 49.2 cm³/mol. The van der Waals surface area contributed by atoms with Gasteiger partial charge in [0.05, 0.1) is 5.56 Å². The molecule has 0 aliphatic carbocycles. The fraction of sp³-hybridized carbons (Fsp3) is 0.222. The first-order valence-corrected chi connectivity index (χ1v) is 3.97. The Balaban J connectivity index is 2.94. The number of hydrazine groups is 1. The molecule has 0 aromatic heterocycles. The molecule has 5 heteroatoms. The molecule has 0 radical (unpaired) electrons. The Morgan fingerprint density at radius 3 is 2.71 bits per heavy atom. The van der Waals surface area contributed by atoms with Gasteiger partial charge in [0.15, 0.2) is 0 Å². The van der Waals surface area contributed by atoms with E-state index in [1.165, 1.54) is 5.01 Å². The van der Waals surface area contributed by atoms with Crippen molar-refractivity contribution in [1.82, 2.24) is 10.4 Å². The van der Waals surface area contributed by atoms with E-state index >= 15 is 0 Å². The summed E-state index contributed by atoms with van der Waals surface area (Å²) in [5.74, 6) is -1.36. The van der Waals surface area contributed by atoms with Crippen molar-refractivity contribution in [3.8, 4) is 5.75 Å². The van der Waals surface area contributed by atoms with E-state index in [0.29, 0.717) is 0 Å². The quantitative estimate of drug-likeness (QED) is 0.689. The first-order valence-electron chi connectivity index (χ1n) is 3.97. The van der Waals surface area contributed by atoms with Crippen LogP contribution in [0.1, 0.15) is 10.4 Å². The number of phenols is 1. The van der Waals surface area contributed by atoms with E-state index in [0.717, 1.165) is 18.2 Å². The molecule has 4 nitrogen and oxygen atoms in total. The molecule has 0 fully saturated rings. The zero-order chi connectivity index (χ0) is 10.7. The molecule has 1 aromatic carbocycles. The van der Waals surface area contributed by atoms with E-state index in [2.05, 4.69) is 5.43 Å². The van der Waals surface area contributed by atoms with Crippen LogP contribution in [0.3, 0.4) is 0 Å². The summed E-state index contributed by atoms with van der Waals surface area (Å²) < 4.78 is 12.7. The van der Waals surface area contributed by atoms with E-state index in [9.17, 15) is 14.3 Å². The number of aromatic hydroxyl groups is 1. The standard InChI is InChI=1S/C9H11FN2O2/c1-12(2)11-9(14)7-5-6(10)3-4-8(7)13/h3-5,13H,1-2H3,(H,11,14). The fourth-order valence-electron chi connectivity index (χ4n) is 0.953. The van der Waals surface area contributed by atoms with Crippen molar-refractivity contribution in [2.24, 2.45) is 0 Å². The first-order chi connectivity index (χ1) is 6.50. The topological polar surface area (TPSA) is 52.6 Å². The number of rotatable bonds is 2.